The van der Waals surface area contributed by atoms with E-state index in [1.807, 2.05) is 36.3 Å². The number of aryl methyl sites for hydroxylation is 2. The highest BCUT2D eigenvalue weighted by molar-refractivity contribution is 8.02. The molecule has 1 spiro atoms. The summed E-state index contributed by atoms with van der Waals surface area (Å²) in [4.78, 5) is 40.5. The number of carbonyl (C=O) groups excluding carboxylic acids is 2. The lowest BCUT2D eigenvalue weighted by atomic mass is 9.68. The molecule has 1 aliphatic heterocycles. The molecule has 3 heterocycles. The van der Waals surface area contributed by atoms with Crippen molar-refractivity contribution in [1.29, 1.82) is 0 Å². The number of ketones is 1. The molecule has 0 atom stereocenters. The molecule has 1 saturated heterocycles. The molecule has 0 radical (unpaired) electrons. The first-order valence-electron chi connectivity index (χ1n) is 11.6. The van der Waals surface area contributed by atoms with E-state index in [1.165, 1.54) is 0 Å². The highest BCUT2D eigenvalue weighted by Gasteiger charge is 2.38. The van der Waals surface area contributed by atoms with Crippen molar-refractivity contribution in [3.05, 3.63) is 44.9 Å². The Kier molecular flexibility index (Phi) is 7.83. The molecule has 2 aromatic rings. The van der Waals surface area contributed by atoms with E-state index in [4.69, 9.17) is 0 Å². The topological polar surface area (TPSA) is 87.5 Å². The number of aromatic nitrogens is 2. The summed E-state index contributed by atoms with van der Waals surface area (Å²) in [5.74, 6) is 1.77. The van der Waals surface area contributed by atoms with Gasteiger partial charge in [-0.05, 0) is 69.2 Å². The number of likely N-dealkylation sites (tertiary alicyclic amines) is 1. The van der Waals surface area contributed by atoms with Crippen molar-refractivity contribution in [2.75, 3.05) is 24.3 Å². The third-order valence-electron chi connectivity index (χ3n) is 6.83. The largest absolute Gasteiger partial charge is 0.361 e. The molecular weight excluding hydrogens is 466 g/mol. The number of Topliss-reactive ketones (excluding diaryl/α,β-unsaturated/α-hetero) is 1. The minimum atomic E-state index is 0.0370. The Morgan fingerprint density at radius 3 is 2.59 bits per heavy atom. The molecule has 1 saturated carbocycles. The first kappa shape index (κ1) is 24.6. The Balaban J connectivity index is 1.26. The number of nitrogens with one attached hydrogen (secondary N) is 1. The minimum absolute atomic E-state index is 0.0370. The predicted molar refractivity (Wildman–Crippen MR) is 140 cm³/mol. The molecule has 2 aromatic heterocycles. The molecule has 1 N–H and O–H groups in total. The number of rotatable bonds is 7. The fraction of sp³-hybridized carbons (Fsp3) is 0.480. The number of amides is 1. The van der Waals surface area contributed by atoms with Gasteiger partial charge in [-0.1, -0.05) is 0 Å². The third kappa shape index (κ3) is 5.75. The second-order valence-electron chi connectivity index (χ2n) is 9.06. The van der Waals surface area contributed by atoms with Crippen LogP contribution in [0.2, 0.25) is 0 Å². The summed E-state index contributed by atoms with van der Waals surface area (Å²) in [6.07, 6.45) is 7.01. The Hall–Kier alpha value is -2.52. The molecule has 4 rings (SSSR count). The van der Waals surface area contributed by atoms with Gasteiger partial charge in [0.2, 0.25) is 0 Å². The number of pyridine rings is 1. The highest BCUT2D eigenvalue weighted by Crippen LogP contribution is 2.43. The van der Waals surface area contributed by atoms with Crippen LogP contribution in [0.5, 0.6) is 0 Å². The number of nitrogens with zero attached hydrogens (tertiary/aromatic N) is 4. The van der Waals surface area contributed by atoms with Gasteiger partial charge in [0.25, 0.3) is 5.91 Å². The average molecular weight is 498 g/mol. The standard InChI is InChI=1S/C25H31N5O2S2/c1-17-23(34-18(2)29-17)21(26-3)15-33-16-28-22-5-4-19(14-27-22)24(32)30-12-10-25(11-13-30)8-6-20(31)7-9-25/h4-5,14-15H,3,6-13,16H2,1-2H3,(H,27,28)/b21-15-. The van der Waals surface area contributed by atoms with Gasteiger partial charge in [0.05, 0.1) is 32.7 Å². The van der Waals surface area contributed by atoms with Gasteiger partial charge in [0.1, 0.15) is 11.6 Å². The first-order valence-corrected chi connectivity index (χ1v) is 13.5. The number of hydrogen-bond acceptors (Lipinski definition) is 8. The summed E-state index contributed by atoms with van der Waals surface area (Å²) in [6, 6.07) is 3.68. The van der Waals surface area contributed by atoms with Crippen LogP contribution in [0.25, 0.3) is 5.70 Å². The van der Waals surface area contributed by atoms with Crippen LogP contribution in [0, 0.1) is 19.3 Å². The van der Waals surface area contributed by atoms with E-state index in [2.05, 4.69) is 27.0 Å². The molecule has 2 aliphatic rings. The molecule has 0 bridgehead atoms. The Morgan fingerprint density at radius 1 is 1.26 bits per heavy atom. The van der Waals surface area contributed by atoms with Gasteiger partial charge in [0.15, 0.2) is 0 Å². The monoisotopic (exact) mass is 497 g/mol. The van der Waals surface area contributed by atoms with Gasteiger partial charge in [-0.3, -0.25) is 14.6 Å². The number of thiazole rings is 1. The highest BCUT2D eigenvalue weighted by atomic mass is 32.2. The van der Waals surface area contributed by atoms with Gasteiger partial charge in [-0.2, -0.15) is 0 Å². The molecule has 1 amide bonds. The zero-order valence-corrected chi connectivity index (χ0v) is 21.4. The summed E-state index contributed by atoms with van der Waals surface area (Å²) >= 11 is 3.19. The Morgan fingerprint density at radius 2 is 2.00 bits per heavy atom. The van der Waals surface area contributed by atoms with Crippen molar-refractivity contribution < 1.29 is 9.59 Å². The van der Waals surface area contributed by atoms with Crippen LogP contribution in [-0.2, 0) is 4.79 Å². The quantitative estimate of drug-likeness (QED) is 0.316. The Labute approximate surface area is 209 Å². The van der Waals surface area contributed by atoms with Gasteiger partial charge in [-0.15, -0.1) is 23.1 Å². The molecule has 1 aliphatic carbocycles. The smallest absolute Gasteiger partial charge is 0.255 e. The van der Waals surface area contributed by atoms with Crippen LogP contribution >= 0.6 is 23.1 Å². The van der Waals surface area contributed by atoms with Crippen molar-refractivity contribution in [3.63, 3.8) is 0 Å². The number of thioether (sulfide) groups is 1. The summed E-state index contributed by atoms with van der Waals surface area (Å²) in [6.45, 7) is 9.16. The SMILES string of the molecule is C=N/C(=C\SCNc1ccc(C(=O)N2CCC3(CCC(=O)CC3)CC2)cn1)c1sc(C)nc1C. The average Bonchev–Trinajstić information content (AvgIpc) is 3.19. The van der Waals surface area contributed by atoms with Gasteiger partial charge >= 0.3 is 0 Å². The second kappa shape index (κ2) is 10.8. The van der Waals surface area contributed by atoms with Gasteiger partial charge < -0.3 is 10.2 Å². The van der Waals surface area contributed by atoms with Crippen molar-refractivity contribution in [2.24, 2.45) is 10.4 Å². The van der Waals surface area contributed by atoms with Crippen LogP contribution in [0.15, 0.2) is 28.7 Å². The summed E-state index contributed by atoms with van der Waals surface area (Å²) < 4.78 is 0. The summed E-state index contributed by atoms with van der Waals surface area (Å²) in [7, 11) is 0. The number of piperidine rings is 1. The number of carbonyl (C=O) groups is 2. The normalized spacial score (nSPS) is 18.2. The van der Waals surface area contributed by atoms with Crippen LogP contribution in [-0.4, -0.2) is 52.2 Å². The minimum Gasteiger partial charge on any atom is -0.361 e. The fourth-order valence-electron chi connectivity index (χ4n) is 4.72. The molecule has 2 fully saturated rings. The van der Waals surface area contributed by atoms with Crippen molar-refractivity contribution in [3.8, 4) is 0 Å². The molecule has 0 unspecified atom stereocenters. The maximum atomic E-state index is 12.9. The third-order valence-corrected chi connectivity index (χ3v) is 8.62. The maximum absolute atomic E-state index is 12.9. The van der Waals surface area contributed by atoms with E-state index >= 15 is 0 Å². The van der Waals surface area contributed by atoms with Gasteiger partial charge in [-0.25, -0.2) is 9.97 Å². The predicted octanol–water partition coefficient (Wildman–Crippen LogP) is 5.32. The van der Waals surface area contributed by atoms with Crippen LogP contribution < -0.4 is 5.32 Å². The van der Waals surface area contributed by atoms with Crippen LogP contribution in [0.4, 0.5) is 5.82 Å². The first-order chi connectivity index (χ1) is 16.4. The van der Waals surface area contributed by atoms with E-state index in [0.29, 0.717) is 30.1 Å². The molecule has 0 aromatic carbocycles. The van der Waals surface area contributed by atoms with Crippen molar-refractivity contribution in [2.45, 2.75) is 52.4 Å². The van der Waals surface area contributed by atoms with Crippen molar-refractivity contribution in [1.82, 2.24) is 14.9 Å². The van der Waals surface area contributed by atoms with E-state index in [1.54, 1.807) is 29.3 Å². The van der Waals surface area contributed by atoms with E-state index < -0.39 is 0 Å². The van der Waals surface area contributed by atoms with Crippen LogP contribution in [0.3, 0.4) is 0 Å². The van der Waals surface area contributed by atoms with Crippen LogP contribution in [0.1, 0.15) is 64.5 Å². The second-order valence-corrected chi connectivity index (χ2v) is 11.1. The van der Waals surface area contributed by atoms with E-state index in [9.17, 15) is 9.59 Å². The van der Waals surface area contributed by atoms with E-state index in [-0.39, 0.29) is 11.3 Å². The Bertz CT molecular complexity index is 1070. The molecule has 180 valence electrons. The number of anilines is 1. The molecule has 9 heteroatoms. The zero-order valence-electron chi connectivity index (χ0n) is 19.8. The summed E-state index contributed by atoms with van der Waals surface area (Å²) in [5, 5.41) is 6.25. The molecular formula is C25H31N5O2S2. The lowest BCUT2D eigenvalue weighted by Crippen LogP contribution is -2.44. The maximum Gasteiger partial charge on any atom is 0.255 e. The zero-order chi connectivity index (χ0) is 24.1. The van der Waals surface area contributed by atoms with Gasteiger partial charge in [0, 0.05) is 32.1 Å². The van der Waals surface area contributed by atoms with Crippen molar-refractivity contribution >= 4 is 53.0 Å². The molecule has 7 nitrogen and oxygen atoms in total. The number of aliphatic imine (C=N–C) groups is 1. The number of hydrogen-bond donors (Lipinski definition) is 1. The molecule has 34 heavy (non-hydrogen) atoms. The lowest BCUT2D eigenvalue weighted by molar-refractivity contribution is -0.123. The fourth-order valence-corrected chi connectivity index (χ4v) is 6.36. The summed E-state index contributed by atoms with van der Waals surface area (Å²) in [5.41, 5.74) is 2.67. The van der Waals surface area contributed by atoms with E-state index in [0.717, 1.165) is 65.9 Å². The lowest BCUT2D eigenvalue weighted by Gasteiger charge is -2.43.